The predicted octanol–water partition coefficient (Wildman–Crippen LogP) is 4.20. The highest BCUT2D eigenvalue weighted by atomic mass is 35.5. The zero-order valence-electron chi connectivity index (χ0n) is 12.1. The summed E-state index contributed by atoms with van der Waals surface area (Å²) in [4.78, 5) is 0. The van der Waals surface area contributed by atoms with Crippen LogP contribution < -0.4 is 5.73 Å². The molecule has 2 aromatic rings. The molecule has 0 spiro atoms. The van der Waals surface area contributed by atoms with Crippen LogP contribution in [0.2, 0.25) is 0 Å². The van der Waals surface area contributed by atoms with Crippen molar-refractivity contribution in [1.82, 2.24) is 0 Å². The Morgan fingerprint density at radius 3 is 2.05 bits per heavy atom. The van der Waals surface area contributed by atoms with E-state index in [1.165, 1.54) is 16.7 Å². The molecule has 0 radical (unpaired) electrons. The molecule has 0 amide bonds. The van der Waals surface area contributed by atoms with Crippen molar-refractivity contribution in [3.05, 3.63) is 60.2 Å². The van der Waals surface area contributed by atoms with Crippen molar-refractivity contribution in [2.75, 3.05) is 13.2 Å². The third kappa shape index (κ3) is 3.85. The van der Waals surface area contributed by atoms with Gasteiger partial charge in [0.05, 0.1) is 0 Å². The fraction of sp³-hybridized carbons (Fsp3) is 0.333. The highest BCUT2D eigenvalue weighted by Gasteiger charge is 2.22. The fourth-order valence-corrected chi connectivity index (χ4v) is 2.88. The molecule has 1 aliphatic rings. The van der Waals surface area contributed by atoms with E-state index in [2.05, 4.69) is 48.5 Å². The molecule has 2 nitrogen and oxygen atoms in total. The van der Waals surface area contributed by atoms with Crippen LogP contribution in [0.4, 0.5) is 0 Å². The van der Waals surface area contributed by atoms with Crippen molar-refractivity contribution in [2.45, 2.75) is 18.9 Å². The zero-order chi connectivity index (χ0) is 13.8. The lowest BCUT2D eigenvalue weighted by molar-refractivity contribution is 0.0584. The quantitative estimate of drug-likeness (QED) is 0.922. The molecular weight excluding hydrogens is 282 g/mol. The van der Waals surface area contributed by atoms with Gasteiger partial charge in [0, 0.05) is 19.3 Å². The van der Waals surface area contributed by atoms with Crippen LogP contribution in [0.3, 0.4) is 0 Å². The Balaban J connectivity index is 0.00000161. The molecule has 2 aromatic carbocycles. The molecule has 1 saturated heterocycles. The number of halogens is 1. The molecular formula is C18H22ClNO. The second-order valence-corrected chi connectivity index (χ2v) is 5.46. The van der Waals surface area contributed by atoms with Crippen LogP contribution in [0, 0.1) is 5.92 Å². The maximum Gasteiger partial charge on any atom is 0.0469 e. The van der Waals surface area contributed by atoms with Crippen LogP contribution in [0.25, 0.3) is 11.1 Å². The molecule has 3 rings (SSSR count). The van der Waals surface area contributed by atoms with Crippen LogP contribution in [0.5, 0.6) is 0 Å². The summed E-state index contributed by atoms with van der Waals surface area (Å²) >= 11 is 0. The van der Waals surface area contributed by atoms with Crippen LogP contribution in [-0.2, 0) is 4.74 Å². The third-order valence-corrected chi connectivity index (χ3v) is 4.18. The van der Waals surface area contributed by atoms with Crippen molar-refractivity contribution in [2.24, 2.45) is 11.7 Å². The van der Waals surface area contributed by atoms with Crippen molar-refractivity contribution in [3.8, 4) is 11.1 Å². The Bertz CT molecular complexity index is 535. The summed E-state index contributed by atoms with van der Waals surface area (Å²) in [6.07, 6.45) is 2.14. The molecule has 1 heterocycles. The van der Waals surface area contributed by atoms with Crippen molar-refractivity contribution in [1.29, 1.82) is 0 Å². The minimum absolute atomic E-state index is 0. The molecule has 1 atom stereocenters. The maximum atomic E-state index is 6.40. The van der Waals surface area contributed by atoms with E-state index >= 15 is 0 Å². The predicted molar refractivity (Wildman–Crippen MR) is 89.6 cm³/mol. The zero-order valence-corrected chi connectivity index (χ0v) is 12.9. The average molecular weight is 304 g/mol. The van der Waals surface area contributed by atoms with Gasteiger partial charge >= 0.3 is 0 Å². The molecule has 0 saturated carbocycles. The van der Waals surface area contributed by atoms with Crippen LogP contribution in [-0.4, -0.2) is 13.2 Å². The molecule has 2 N–H and O–H groups in total. The van der Waals surface area contributed by atoms with E-state index in [1.807, 2.05) is 6.07 Å². The Hall–Kier alpha value is -1.35. The molecule has 1 fully saturated rings. The number of hydrogen-bond donors (Lipinski definition) is 1. The second kappa shape index (κ2) is 7.60. The molecule has 3 heteroatoms. The van der Waals surface area contributed by atoms with Gasteiger partial charge in [0.1, 0.15) is 0 Å². The van der Waals surface area contributed by atoms with Crippen molar-refractivity contribution < 1.29 is 4.74 Å². The lowest BCUT2D eigenvalue weighted by Gasteiger charge is -2.28. The van der Waals surface area contributed by atoms with E-state index in [0.717, 1.165) is 26.1 Å². The Morgan fingerprint density at radius 2 is 1.43 bits per heavy atom. The molecule has 112 valence electrons. The Morgan fingerprint density at radius 1 is 0.857 bits per heavy atom. The average Bonchev–Trinajstić information content (AvgIpc) is 2.56. The van der Waals surface area contributed by atoms with Crippen LogP contribution >= 0.6 is 12.4 Å². The molecule has 1 aliphatic heterocycles. The Kier molecular flexibility index (Phi) is 5.80. The van der Waals surface area contributed by atoms with Gasteiger partial charge in [0.25, 0.3) is 0 Å². The highest BCUT2D eigenvalue weighted by molar-refractivity contribution is 5.85. The summed E-state index contributed by atoms with van der Waals surface area (Å²) in [5.74, 6) is 0.548. The summed E-state index contributed by atoms with van der Waals surface area (Å²) < 4.78 is 5.41. The van der Waals surface area contributed by atoms with Gasteiger partial charge in [-0.3, -0.25) is 0 Å². The van der Waals surface area contributed by atoms with E-state index in [0.29, 0.717) is 5.92 Å². The first-order valence-electron chi connectivity index (χ1n) is 7.33. The first kappa shape index (κ1) is 16.0. The standard InChI is InChI=1S/C18H21NO.ClH/c19-18(17-10-12-20-13-11-17)16-8-6-15(7-9-16)14-4-2-1-3-5-14;/h1-9,17-18H,10-13,19H2;1H/t18-;/m0./s1. The summed E-state index contributed by atoms with van der Waals surface area (Å²) in [6.45, 7) is 1.70. The summed E-state index contributed by atoms with van der Waals surface area (Å²) in [5.41, 5.74) is 10.1. The largest absolute Gasteiger partial charge is 0.381 e. The van der Waals surface area contributed by atoms with Crippen molar-refractivity contribution >= 4 is 12.4 Å². The monoisotopic (exact) mass is 303 g/mol. The highest BCUT2D eigenvalue weighted by Crippen LogP contribution is 2.29. The topological polar surface area (TPSA) is 35.2 Å². The molecule has 0 unspecified atom stereocenters. The molecule has 0 bridgehead atoms. The summed E-state index contributed by atoms with van der Waals surface area (Å²) in [6, 6.07) is 19.2. The second-order valence-electron chi connectivity index (χ2n) is 5.46. The number of rotatable bonds is 3. The van der Waals surface area contributed by atoms with E-state index < -0.39 is 0 Å². The number of ether oxygens (including phenoxy) is 1. The summed E-state index contributed by atoms with van der Waals surface area (Å²) in [5, 5.41) is 0. The van der Waals surface area contributed by atoms with Gasteiger partial charge in [0.2, 0.25) is 0 Å². The van der Waals surface area contributed by atoms with Gasteiger partial charge in [-0.2, -0.15) is 0 Å². The smallest absolute Gasteiger partial charge is 0.0469 e. The van der Waals surface area contributed by atoms with E-state index in [-0.39, 0.29) is 18.4 Å². The van der Waals surface area contributed by atoms with Crippen LogP contribution in [0.1, 0.15) is 24.4 Å². The number of nitrogens with two attached hydrogens (primary N) is 1. The van der Waals surface area contributed by atoms with Gasteiger partial charge in [-0.1, -0.05) is 54.6 Å². The van der Waals surface area contributed by atoms with Gasteiger partial charge < -0.3 is 10.5 Å². The van der Waals surface area contributed by atoms with Gasteiger partial charge in [-0.25, -0.2) is 0 Å². The SMILES string of the molecule is Cl.N[C@@H](c1ccc(-c2ccccc2)cc1)C1CCOCC1. The van der Waals surface area contributed by atoms with Gasteiger partial charge in [-0.15, -0.1) is 12.4 Å². The summed E-state index contributed by atoms with van der Waals surface area (Å²) in [7, 11) is 0. The number of benzene rings is 2. The fourth-order valence-electron chi connectivity index (χ4n) is 2.88. The molecule has 0 aliphatic carbocycles. The van der Waals surface area contributed by atoms with E-state index in [1.54, 1.807) is 0 Å². The normalized spacial score (nSPS) is 17.0. The lowest BCUT2D eigenvalue weighted by Crippen LogP contribution is -2.27. The third-order valence-electron chi connectivity index (χ3n) is 4.18. The maximum absolute atomic E-state index is 6.40. The van der Waals surface area contributed by atoms with E-state index in [9.17, 15) is 0 Å². The first-order chi connectivity index (χ1) is 9.84. The van der Waals surface area contributed by atoms with Crippen LogP contribution in [0.15, 0.2) is 54.6 Å². The molecule has 0 aromatic heterocycles. The minimum atomic E-state index is 0. The lowest BCUT2D eigenvalue weighted by atomic mass is 9.87. The number of hydrogen-bond acceptors (Lipinski definition) is 2. The molecule has 21 heavy (non-hydrogen) atoms. The van der Waals surface area contributed by atoms with Crippen molar-refractivity contribution in [3.63, 3.8) is 0 Å². The van der Waals surface area contributed by atoms with E-state index in [4.69, 9.17) is 10.5 Å². The first-order valence-corrected chi connectivity index (χ1v) is 7.33. The Labute approximate surface area is 132 Å². The van der Waals surface area contributed by atoms with Gasteiger partial charge in [-0.05, 0) is 35.4 Å². The van der Waals surface area contributed by atoms with Gasteiger partial charge in [0.15, 0.2) is 0 Å². The minimum Gasteiger partial charge on any atom is -0.381 e.